The van der Waals surface area contributed by atoms with Crippen molar-refractivity contribution in [2.75, 3.05) is 14.2 Å². The lowest BCUT2D eigenvalue weighted by Crippen LogP contribution is -1.98. The molecule has 0 fully saturated rings. The fourth-order valence-corrected chi connectivity index (χ4v) is 1.88. The van der Waals surface area contributed by atoms with Gasteiger partial charge in [0.15, 0.2) is 11.5 Å². The van der Waals surface area contributed by atoms with Gasteiger partial charge in [-0.2, -0.15) is 0 Å². The van der Waals surface area contributed by atoms with Gasteiger partial charge in [0.05, 0.1) is 19.8 Å². The summed E-state index contributed by atoms with van der Waals surface area (Å²) in [6.07, 6.45) is 0. The first-order valence-corrected chi connectivity index (χ1v) is 5.82. The van der Waals surface area contributed by atoms with Crippen LogP contribution >= 0.6 is 0 Å². The SMILES string of the molecule is COc1ccc(-c2cc(C(=O)O)ccc2F)cc1OC. The van der Waals surface area contributed by atoms with Crippen molar-refractivity contribution in [3.63, 3.8) is 0 Å². The molecular weight excluding hydrogens is 263 g/mol. The maximum absolute atomic E-state index is 13.9. The lowest BCUT2D eigenvalue weighted by atomic mass is 10.0. The minimum Gasteiger partial charge on any atom is -0.493 e. The zero-order chi connectivity index (χ0) is 14.7. The van der Waals surface area contributed by atoms with Crippen LogP contribution in [0.4, 0.5) is 4.39 Å². The summed E-state index contributed by atoms with van der Waals surface area (Å²) >= 11 is 0. The second kappa shape index (κ2) is 5.61. The molecule has 2 aromatic carbocycles. The number of rotatable bonds is 4. The van der Waals surface area contributed by atoms with Gasteiger partial charge < -0.3 is 14.6 Å². The topological polar surface area (TPSA) is 55.8 Å². The van der Waals surface area contributed by atoms with Crippen molar-refractivity contribution in [3.05, 3.63) is 47.8 Å². The lowest BCUT2D eigenvalue weighted by molar-refractivity contribution is 0.0697. The van der Waals surface area contributed by atoms with Gasteiger partial charge in [0.25, 0.3) is 0 Å². The Morgan fingerprint density at radius 2 is 1.75 bits per heavy atom. The van der Waals surface area contributed by atoms with Crippen LogP contribution in [-0.4, -0.2) is 25.3 Å². The van der Waals surface area contributed by atoms with Gasteiger partial charge in [0.1, 0.15) is 5.82 Å². The van der Waals surface area contributed by atoms with E-state index in [9.17, 15) is 9.18 Å². The fraction of sp³-hybridized carbons (Fsp3) is 0.133. The second-order valence-electron chi connectivity index (χ2n) is 4.07. The van der Waals surface area contributed by atoms with Crippen molar-refractivity contribution in [3.8, 4) is 22.6 Å². The van der Waals surface area contributed by atoms with E-state index in [2.05, 4.69) is 0 Å². The largest absolute Gasteiger partial charge is 0.493 e. The normalized spacial score (nSPS) is 10.2. The third-order valence-electron chi connectivity index (χ3n) is 2.91. The molecule has 0 amide bonds. The van der Waals surface area contributed by atoms with Gasteiger partial charge in [-0.15, -0.1) is 0 Å². The molecule has 2 rings (SSSR count). The van der Waals surface area contributed by atoms with Gasteiger partial charge in [0.2, 0.25) is 0 Å². The minimum atomic E-state index is -1.10. The number of ether oxygens (including phenoxy) is 2. The zero-order valence-electron chi connectivity index (χ0n) is 11.0. The van der Waals surface area contributed by atoms with Gasteiger partial charge in [-0.25, -0.2) is 9.18 Å². The molecule has 5 heteroatoms. The molecule has 0 atom stereocenters. The molecule has 0 radical (unpaired) electrons. The summed E-state index contributed by atoms with van der Waals surface area (Å²) in [6, 6.07) is 8.53. The average molecular weight is 276 g/mol. The number of carboxylic acids is 1. The van der Waals surface area contributed by atoms with Crippen molar-refractivity contribution in [2.24, 2.45) is 0 Å². The lowest BCUT2D eigenvalue weighted by Gasteiger charge is -2.10. The molecule has 0 bridgehead atoms. The highest BCUT2D eigenvalue weighted by molar-refractivity contribution is 5.89. The van der Waals surface area contributed by atoms with Gasteiger partial charge in [-0.05, 0) is 35.9 Å². The molecule has 20 heavy (non-hydrogen) atoms. The molecule has 1 N–H and O–H groups in total. The van der Waals surface area contributed by atoms with Crippen molar-refractivity contribution < 1.29 is 23.8 Å². The Kier molecular flexibility index (Phi) is 3.89. The highest BCUT2D eigenvalue weighted by Gasteiger charge is 2.12. The Hall–Kier alpha value is -2.56. The molecule has 0 unspecified atom stereocenters. The number of halogens is 1. The maximum Gasteiger partial charge on any atom is 0.335 e. The maximum atomic E-state index is 13.9. The molecule has 0 aliphatic heterocycles. The summed E-state index contributed by atoms with van der Waals surface area (Å²) in [6.45, 7) is 0. The number of hydrogen-bond acceptors (Lipinski definition) is 3. The zero-order valence-corrected chi connectivity index (χ0v) is 11.0. The first-order chi connectivity index (χ1) is 9.56. The van der Waals surface area contributed by atoms with Crippen molar-refractivity contribution in [1.82, 2.24) is 0 Å². The van der Waals surface area contributed by atoms with Crippen molar-refractivity contribution >= 4 is 5.97 Å². The van der Waals surface area contributed by atoms with Gasteiger partial charge in [-0.1, -0.05) is 6.07 Å². The summed E-state index contributed by atoms with van der Waals surface area (Å²) in [5, 5.41) is 8.96. The number of carbonyl (C=O) groups is 1. The van der Waals surface area contributed by atoms with E-state index in [0.717, 1.165) is 6.07 Å². The highest BCUT2D eigenvalue weighted by atomic mass is 19.1. The van der Waals surface area contributed by atoms with Crippen LogP contribution in [-0.2, 0) is 0 Å². The Labute approximate surface area is 115 Å². The number of aromatic carboxylic acids is 1. The molecule has 0 aliphatic carbocycles. The Morgan fingerprint density at radius 3 is 2.35 bits per heavy atom. The smallest absolute Gasteiger partial charge is 0.335 e. The molecule has 4 nitrogen and oxygen atoms in total. The molecule has 0 aromatic heterocycles. The van der Waals surface area contributed by atoms with Gasteiger partial charge >= 0.3 is 5.97 Å². The van der Waals surface area contributed by atoms with Gasteiger partial charge in [0, 0.05) is 5.56 Å². The second-order valence-corrected chi connectivity index (χ2v) is 4.07. The van der Waals surface area contributed by atoms with Gasteiger partial charge in [-0.3, -0.25) is 0 Å². The van der Waals surface area contributed by atoms with Crippen molar-refractivity contribution in [1.29, 1.82) is 0 Å². The van der Waals surface area contributed by atoms with E-state index in [1.54, 1.807) is 18.2 Å². The fourth-order valence-electron chi connectivity index (χ4n) is 1.88. The Balaban J connectivity index is 2.56. The molecule has 0 spiro atoms. The number of methoxy groups -OCH3 is 2. The first-order valence-electron chi connectivity index (χ1n) is 5.82. The molecule has 0 aliphatic rings. The van der Waals surface area contributed by atoms with E-state index in [0.29, 0.717) is 17.1 Å². The van der Waals surface area contributed by atoms with E-state index in [-0.39, 0.29) is 11.1 Å². The Bertz CT molecular complexity index is 652. The van der Waals surface area contributed by atoms with E-state index in [1.807, 2.05) is 0 Å². The predicted molar refractivity (Wildman–Crippen MR) is 71.9 cm³/mol. The summed E-state index contributed by atoms with van der Waals surface area (Å²) in [4.78, 5) is 11.0. The van der Waals surface area contributed by atoms with Crippen molar-refractivity contribution in [2.45, 2.75) is 0 Å². The standard InChI is InChI=1S/C15H13FO4/c1-19-13-6-4-9(8-14(13)20-2)11-7-10(15(17)18)3-5-12(11)16/h3-8H,1-2H3,(H,17,18). The van der Waals surface area contributed by atoms with Crippen LogP contribution in [0.3, 0.4) is 0 Å². The molecule has 104 valence electrons. The minimum absolute atomic E-state index is 0.0242. The molecule has 0 heterocycles. The first kappa shape index (κ1) is 13.9. The third-order valence-corrected chi connectivity index (χ3v) is 2.91. The van der Waals surface area contributed by atoms with Crippen LogP contribution in [0.2, 0.25) is 0 Å². The highest BCUT2D eigenvalue weighted by Crippen LogP contribution is 2.33. The summed E-state index contributed by atoms with van der Waals surface area (Å²) in [5.74, 6) is -0.634. The van der Waals surface area contributed by atoms with Crippen LogP contribution in [0.1, 0.15) is 10.4 Å². The quantitative estimate of drug-likeness (QED) is 0.931. The Morgan fingerprint density at radius 1 is 1.05 bits per heavy atom. The monoisotopic (exact) mass is 276 g/mol. The van der Waals surface area contributed by atoms with Crippen LogP contribution in [0, 0.1) is 5.82 Å². The van der Waals surface area contributed by atoms with E-state index >= 15 is 0 Å². The molecule has 0 saturated carbocycles. The number of carboxylic acid groups (broad SMARTS) is 1. The van der Waals surface area contributed by atoms with Crippen LogP contribution in [0.5, 0.6) is 11.5 Å². The summed E-state index contributed by atoms with van der Waals surface area (Å²) in [7, 11) is 2.98. The van der Waals surface area contributed by atoms with Crippen LogP contribution < -0.4 is 9.47 Å². The van der Waals surface area contributed by atoms with Crippen LogP contribution in [0.25, 0.3) is 11.1 Å². The number of hydrogen-bond donors (Lipinski definition) is 1. The van der Waals surface area contributed by atoms with E-state index in [1.165, 1.54) is 26.4 Å². The summed E-state index contributed by atoms with van der Waals surface area (Å²) in [5.41, 5.74) is 0.741. The molecule has 0 saturated heterocycles. The third kappa shape index (κ3) is 2.56. The van der Waals surface area contributed by atoms with E-state index < -0.39 is 11.8 Å². The molecule has 2 aromatic rings. The van der Waals surface area contributed by atoms with Crippen LogP contribution in [0.15, 0.2) is 36.4 Å². The predicted octanol–water partition coefficient (Wildman–Crippen LogP) is 3.21. The van der Waals surface area contributed by atoms with E-state index in [4.69, 9.17) is 14.6 Å². The number of benzene rings is 2. The molecular formula is C15H13FO4. The summed E-state index contributed by atoms with van der Waals surface area (Å²) < 4.78 is 24.1. The average Bonchev–Trinajstić information content (AvgIpc) is 2.46.